The van der Waals surface area contributed by atoms with E-state index in [1.54, 1.807) is 6.33 Å². The van der Waals surface area contributed by atoms with Crippen LogP contribution in [0.5, 0.6) is 0 Å². The van der Waals surface area contributed by atoms with Crippen molar-refractivity contribution in [2.45, 2.75) is 38.6 Å². The van der Waals surface area contributed by atoms with Gasteiger partial charge < -0.3 is 5.73 Å². The molecule has 2 N–H and O–H groups in total. The van der Waals surface area contributed by atoms with E-state index in [4.69, 9.17) is 5.73 Å². The van der Waals surface area contributed by atoms with Crippen LogP contribution in [0.2, 0.25) is 0 Å². The van der Waals surface area contributed by atoms with Crippen LogP contribution in [0.3, 0.4) is 0 Å². The van der Waals surface area contributed by atoms with E-state index in [2.05, 4.69) is 9.97 Å². The molecule has 1 aromatic rings. The Kier molecular flexibility index (Phi) is 2.54. The summed E-state index contributed by atoms with van der Waals surface area (Å²) in [5, 5.41) is 0. The number of fused-ring (bicyclic) bond motifs is 1. The molecule has 70 valence electrons. The summed E-state index contributed by atoms with van der Waals surface area (Å²) in [6, 6.07) is 0. The smallest absolute Gasteiger partial charge is 0.116 e. The minimum Gasteiger partial charge on any atom is -0.325 e. The van der Waals surface area contributed by atoms with E-state index in [0.29, 0.717) is 6.54 Å². The van der Waals surface area contributed by atoms with Crippen molar-refractivity contribution in [3.05, 3.63) is 23.3 Å². The lowest BCUT2D eigenvalue weighted by molar-refractivity contribution is 0.708. The van der Waals surface area contributed by atoms with Gasteiger partial charge in [-0.15, -0.1) is 0 Å². The second-order valence-electron chi connectivity index (χ2n) is 3.51. The first-order valence-electron chi connectivity index (χ1n) is 4.93. The van der Waals surface area contributed by atoms with Gasteiger partial charge in [0.15, 0.2) is 0 Å². The molecule has 0 atom stereocenters. The summed E-state index contributed by atoms with van der Waals surface area (Å²) in [5.41, 5.74) is 9.23. The highest BCUT2D eigenvalue weighted by atomic mass is 14.9. The molecule has 1 aliphatic rings. The molecule has 0 aliphatic heterocycles. The van der Waals surface area contributed by atoms with Crippen LogP contribution >= 0.6 is 0 Å². The first-order valence-corrected chi connectivity index (χ1v) is 4.93. The Morgan fingerprint density at radius 3 is 2.85 bits per heavy atom. The van der Waals surface area contributed by atoms with Crippen LogP contribution in [-0.4, -0.2) is 9.97 Å². The first-order chi connectivity index (χ1) is 6.42. The van der Waals surface area contributed by atoms with Gasteiger partial charge in [-0.05, 0) is 31.2 Å². The number of hydrogen-bond acceptors (Lipinski definition) is 3. The highest BCUT2D eigenvalue weighted by Gasteiger charge is 2.12. The minimum atomic E-state index is 0.546. The van der Waals surface area contributed by atoms with Crippen LogP contribution < -0.4 is 5.73 Å². The van der Waals surface area contributed by atoms with E-state index in [1.807, 2.05) is 0 Å². The van der Waals surface area contributed by atoms with Gasteiger partial charge in [-0.3, -0.25) is 0 Å². The van der Waals surface area contributed by atoms with Crippen molar-refractivity contribution < 1.29 is 0 Å². The monoisotopic (exact) mass is 177 g/mol. The lowest BCUT2D eigenvalue weighted by Gasteiger charge is -2.07. The zero-order valence-corrected chi connectivity index (χ0v) is 7.79. The summed E-state index contributed by atoms with van der Waals surface area (Å²) >= 11 is 0. The summed E-state index contributed by atoms with van der Waals surface area (Å²) in [7, 11) is 0. The Bertz CT molecular complexity index is 296. The number of aryl methyl sites for hydroxylation is 1. The fourth-order valence-electron chi connectivity index (χ4n) is 1.94. The Hall–Kier alpha value is -0.960. The van der Waals surface area contributed by atoms with Crippen LogP contribution in [-0.2, 0) is 19.4 Å². The molecular formula is C10H15N3. The van der Waals surface area contributed by atoms with Gasteiger partial charge in [0.1, 0.15) is 6.33 Å². The molecule has 0 unspecified atom stereocenters. The van der Waals surface area contributed by atoms with E-state index in [9.17, 15) is 0 Å². The van der Waals surface area contributed by atoms with Crippen LogP contribution in [0.1, 0.15) is 36.2 Å². The maximum absolute atomic E-state index is 5.63. The van der Waals surface area contributed by atoms with Crippen LogP contribution in [0.4, 0.5) is 0 Å². The summed E-state index contributed by atoms with van der Waals surface area (Å²) in [6.45, 7) is 0.546. The van der Waals surface area contributed by atoms with Crippen molar-refractivity contribution in [3.63, 3.8) is 0 Å². The van der Waals surface area contributed by atoms with E-state index in [0.717, 1.165) is 18.5 Å². The maximum Gasteiger partial charge on any atom is 0.116 e. The molecule has 13 heavy (non-hydrogen) atoms. The van der Waals surface area contributed by atoms with Gasteiger partial charge in [0.05, 0.1) is 5.69 Å². The Morgan fingerprint density at radius 1 is 1.15 bits per heavy atom. The van der Waals surface area contributed by atoms with Gasteiger partial charge in [0, 0.05) is 12.2 Å². The van der Waals surface area contributed by atoms with Gasteiger partial charge in [0.2, 0.25) is 0 Å². The van der Waals surface area contributed by atoms with Gasteiger partial charge in [-0.1, -0.05) is 6.42 Å². The number of nitrogens with two attached hydrogens (primary N) is 1. The second-order valence-corrected chi connectivity index (χ2v) is 3.51. The number of nitrogens with zero attached hydrogens (tertiary/aromatic N) is 2. The summed E-state index contributed by atoms with van der Waals surface area (Å²) < 4.78 is 0. The van der Waals surface area contributed by atoms with E-state index in [1.165, 1.54) is 30.5 Å². The van der Waals surface area contributed by atoms with Crippen molar-refractivity contribution in [2.75, 3.05) is 0 Å². The quantitative estimate of drug-likeness (QED) is 0.656. The SMILES string of the molecule is NCc1ncnc2c1CCCCC2. The number of hydrogen-bond donors (Lipinski definition) is 1. The third-order valence-electron chi connectivity index (χ3n) is 2.66. The third-order valence-corrected chi connectivity index (χ3v) is 2.66. The Labute approximate surface area is 78.4 Å². The second kappa shape index (κ2) is 3.83. The molecule has 0 bridgehead atoms. The third kappa shape index (κ3) is 1.70. The van der Waals surface area contributed by atoms with Gasteiger partial charge >= 0.3 is 0 Å². The van der Waals surface area contributed by atoms with Crippen molar-refractivity contribution in [3.8, 4) is 0 Å². The normalized spacial score (nSPS) is 16.4. The first kappa shape index (κ1) is 8.63. The van der Waals surface area contributed by atoms with E-state index < -0.39 is 0 Å². The van der Waals surface area contributed by atoms with Crippen LogP contribution in [0, 0.1) is 0 Å². The molecule has 3 heteroatoms. The number of aromatic nitrogens is 2. The zero-order valence-electron chi connectivity index (χ0n) is 7.79. The average Bonchev–Trinajstić information content (AvgIpc) is 2.41. The molecule has 0 saturated carbocycles. The molecule has 0 spiro atoms. The molecule has 0 amide bonds. The minimum absolute atomic E-state index is 0.546. The standard InChI is InChI=1S/C10H15N3/c11-6-10-8-4-2-1-3-5-9(8)12-7-13-10/h7H,1-6,11H2. The fourth-order valence-corrected chi connectivity index (χ4v) is 1.94. The molecule has 0 fully saturated rings. The summed E-state index contributed by atoms with van der Waals surface area (Å²) in [6.07, 6.45) is 7.68. The van der Waals surface area contributed by atoms with Crippen LogP contribution in [0.15, 0.2) is 6.33 Å². The predicted molar refractivity (Wildman–Crippen MR) is 51.2 cm³/mol. The molecule has 1 aliphatic carbocycles. The van der Waals surface area contributed by atoms with Crippen molar-refractivity contribution in [2.24, 2.45) is 5.73 Å². The summed E-state index contributed by atoms with van der Waals surface area (Å²) in [5.74, 6) is 0. The number of rotatable bonds is 1. The molecule has 0 aromatic carbocycles. The Balaban J connectivity index is 2.40. The molecule has 2 rings (SSSR count). The average molecular weight is 177 g/mol. The van der Waals surface area contributed by atoms with Gasteiger partial charge in [-0.25, -0.2) is 9.97 Å². The lowest BCUT2D eigenvalue weighted by Crippen LogP contribution is -2.08. The molecule has 1 aromatic heterocycles. The highest BCUT2D eigenvalue weighted by Crippen LogP contribution is 2.20. The fraction of sp³-hybridized carbons (Fsp3) is 0.600. The molecule has 0 saturated heterocycles. The maximum atomic E-state index is 5.63. The lowest BCUT2D eigenvalue weighted by atomic mass is 10.1. The van der Waals surface area contributed by atoms with Crippen molar-refractivity contribution in [1.82, 2.24) is 9.97 Å². The predicted octanol–water partition coefficient (Wildman–Crippen LogP) is 1.20. The largest absolute Gasteiger partial charge is 0.325 e. The van der Waals surface area contributed by atoms with Gasteiger partial charge in [0.25, 0.3) is 0 Å². The van der Waals surface area contributed by atoms with Crippen molar-refractivity contribution in [1.29, 1.82) is 0 Å². The topological polar surface area (TPSA) is 51.8 Å². The molecule has 3 nitrogen and oxygen atoms in total. The van der Waals surface area contributed by atoms with E-state index >= 15 is 0 Å². The molecular weight excluding hydrogens is 162 g/mol. The Morgan fingerprint density at radius 2 is 2.00 bits per heavy atom. The molecule has 1 heterocycles. The van der Waals surface area contributed by atoms with Crippen LogP contribution in [0.25, 0.3) is 0 Å². The van der Waals surface area contributed by atoms with Gasteiger partial charge in [-0.2, -0.15) is 0 Å². The van der Waals surface area contributed by atoms with Crippen molar-refractivity contribution >= 4 is 0 Å². The zero-order chi connectivity index (χ0) is 9.10. The summed E-state index contributed by atoms with van der Waals surface area (Å²) in [4.78, 5) is 8.54. The van der Waals surface area contributed by atoms with E-state index in [-0.39, 0.29) is 0 Å². The molecule has 0 radical (unpaired) electrons. The highest BCUT2D eigenvalue weighted by molar-refractivity contribution is 5.25.